The first-order valence-corrected chi connectivity index (χ1v) is 17.2. The molecule has 0 spiro atoms. The molecule has 1 fully saturated rings. The SMILES string of the molecule is COc1ccc(C(=O)C(C(=O)NCC2CCN(C(=O)OC(C)(C)C)CC2)N(Cc2ccc(OC)cc2OC)c2ccccc2SC(F)(F)F)cc1. The van der Waals surface area contributed by atoms with Crippen LogP contribution in [0.3, 0.4) is 0 Å². The molecule has 0 aromatic heterocycles. The molecule has 1 saturated heterocycles. The topological polar surface area (TPSA) is 107 Å². The van der Waals surface area contributed by atoms with Crippen LogP contribution in [-0.2, 0) is 16.1 Å². The van der Waals surface area contributed by atoms with Crippen molar-refractivity contribution < 1.29 is 46.5 Å². The van der Waals surface area contributed by atoms with E-state index in [0.29, 0.717) is 48.7 Å². The Kier molecular flexibility index (Phi) is 13.1. The maximum atomic E-state index is 14.4. The highest BCUT2D eigenvalue weighted by Gasteiger charge is 2.38. The standard InChI is InChI=1S/C37H44F3N3O7S/c1-36(2,3)50-35(46)42-19-17-24(18-20-42)22-41-34(45)32(33(44)25-11-14-27(47-4)15-12-25)43(23-26-13-16-28(48-5)21-30(26)49-6)29-9-7-8-10-31(29)51-37(38,39)40/h7-16,21,24,32H,17-20,22-23H2,1-6H3,(H,41,45). The fourth-order valence-corrected chi connectivity index (χ4v) is 6.38. The molecule has 0 bridgehead atoms. The molecule has 0 aliphatic carbocycles. The number of anilines is 1. The van der Waals surface area contributed by atoms with E-state index in [1.54, 1.807) is 62.1 Å². The highest BCUT2D eigenvalue weighted by Crippen LogP contribution is 2.43. The van der Waals surface area contributed by atoms with Crippen LogP contribution < -0.4 is 24.4 Å². The smallest absolute Gasteiger partial charge is 0.446 e. The van der Waals surface area contributed by atoms with Crippen molar-refractivity contribution in [1.82, 2.24) is 10.2 Å². The number of nitrogens with one attached hydrogen (secondary N) is 1. The molecule has 0 saturated carbocycles. The van der Waals surface area contributed by atoms with Crippen LogP contribution in [0.15, 0.2) is 71.6 Å². The number of piperidine rings is 1. The fraction of sp³-hybridized carbons (Fsp3) is 0.432. The van der Waals surface area contributed by atoms with Crippen molar-refractivity contribution >= 4 is 35.2 Å². The molecule has 2 amide bonds. The zero-order valence-electron chi connectivity index (χ0n) is 29.5. The maximum Gasteiger partial charge on any atom is 0.446 e. The van der Waals surface area contributed by atoms with E-state index in [2.05, 4.69) is 5.32 Å². The summed E-state index contributed by atoms with van der Waals surface area (Å²) >= 11 is -0.329. The van der Waals surface area contributed by atoms with Gasteiger partial charge in [0.15, 0.2) is 11.8 Å². The number of thioether (sulfide) groups is 1. The van der Waals surface area contributed by atoms with Crippen molar-refractivity contribution in [1.29, 1.82) is 0 Å². The van der Waals surface area contributed by atoms with Gasteiger partial charge in [-0.15, -0.1) is 0 Å². The highest BCUT2D eigenvalue weighted by atomic mass is 32.2. The van der Waals surface area contributed by atoms with Crippen molar-refractivity contribution in [3.8, 4) is 17.2 Å². The van der Waals surface area contributed by atoms with Crippen LogP contribution in [0, 0.1) is 5.92 Å². The molecule has 1 atom stereocenters. The zero-order chi connectivity index (χ0) is 37.3. The van der Waals surface area contributed by atoms with E-state index in [9.17, 15) is 27.6 Å². The lowest BCUT2D eigenvalue weighted by Gasteiger charge is -2.35. The van der Waals surface area contributed by atoms with Crippen molar-refractivity contribution in [2.24, 2.45) is 5.92 Å². The quantitative estimate of drug-likeness (QED) is 0.110. The average Bonchev–Trinajstić information content (AvgIpc) is 3.09. The molecule has 276 valence electrons. The minimum absolute atomic E-state index is 0.0208. The summed E-state index contributed by atoms with van der Waals surface area (Å²) in [5, 5.41) is 2.92. The minimum atomic E-state index is -4.65. The van der Waals surface area contributed by atoms with E-state index in [0.717, 1.165) is 0 Å². The number of carbonyl (C=O) groups is 3. The summed E-state index contributed by atoms with van der Waals surface area (Å²) in [6.45, 7) is 6.26. The number of ether oxygens (including phenoxy) is 4. The Morgan fingerprint density at radius 2 is 1.53 bits per heavy atom. The van der Waals surface area contributed by atoms with Gasteiger partial charge in [-0.25, -0.2) is 4.79 Å². The first-order chi connectivity index (χ1) is 24.1. The second-order valence-corrected chi connectivity index (χ2v) is 14.1. The summed E-state index contributed by atoms with van der Waals surface area (Å²) in [6, 6.07) is 15.3. The molecule has 3 aromatic rings. The number of halogens is 3. The van der Waals surface area contributed by atoms with Crippen molar-refractivity contribution in [3.63, 3.8) is 0 Å². The molecule has 51 heavy (non-hydrogen) atoms. The van der Waals surface area contributed by atoms with Gasteiger partial charge in [0.25, 0.3) is 5.91 Å². The number of nitrogens with zero attached hydrogens (tertiary/aromatic N) is 2. The van der Waals surface area contributed by atoms with Gasteiger partial charge in [0.2, 0.25) is 0 Å². The number of rotatable bonds is 13. The number of para-hydroxylation sites is 1. The first-order valence-electron chi connectivity index (χ1n) is 16.4. The molecule has 1 unspecified atom stereocenters. The van der Waals surface area contributed by atoms with Crippen LogP contribution in [-0.4, -0.2) is 80.8 Å². The molecule has 3 aromatic carbocycles. The largest absolute Gasteiger partial charge is 0.497 e. The number of methoxy groups -OCH3 is 3. The molecule has 1 heterocycles. The van der Waals surface area contributed by atoms with Crippen molar-refractivity contribution in [2.45, 2.75) is 62.2 Å². The predicted molar refractivity (Wildman–Crippen MR) is 189 cm³/mol. The monoisotopic (exact) mass is 731 g/mol. The van der Waals surface area contributed by atoms with Crippen LogP contribution >= 0.6 is 11.8 Å². The Morgan fingerprint density at radius 1 is 0.902 bits per heavy atom. The molecule has 1 N–H and O–H groups in total. The number of ketones is 1. The third-order valence-electron chi connectivity index (χ3n) is 8.25. The lowest BCUT2D eigenvalue weighted by atomic mass is 9.96. The van der Waals surface area contributed by atoms with Gasteiger partial charge >= 0.3 is 11.6 Å². The Bertz CT molecular complexity index is 1660. The highest BCUT2D eigenvalue weighted by molar-refractivity contribution is 8.00. The van der Waals surface area contributed by atoms with Gasteiger partial charge in [-0.3, -0.25) is 9.59 Å². The number of likely N-dealkylation sites (tertiary alicyclic amines) is 1. The first kappa shape index (κ1) is 39.2. The van der Waals surface area contributed by atoms with Crippen LogP contribution in [0.1, 0.15) is 49.5 Å². The summed E-state index contributed by atoms with van der Waals surface area (Å²) in [4.78, 5) is 44.2. The van der Waals surface area contributed by atoms with E-state index < -0.39 is 34.9 Å². The van der Waals surface area contributed by atoms with E-state index >= 15 is 0 Å². The number of benzene rings is 3. The molecule has 10 nitrogen and oxygen atoms in total. The summed E-state index contributed by atoms with van der Waals surface area (Å²) in [7, 11) is 4.40. The molecule has 1 aliphatic heterocycles. The van der Waals surface area contributed by atoms with E-state index in [4.69, 9.17) is 18.9 Å². The Labute approximate surface area is 300 Å². The van der Waals surface area contributed by atoms with Crippen molar-refractivity contribution in [2.75, 3.05) is 45.9 Å². The van der Waals surface area contributed by atoms with Crippen LogP contribution in [0.2, 0.25) is 0 Å². The van der Waals surface area contributed by atoms with Gasteiger partial charge in [-0.05, 0) is 99.8 Å². The van der Waals surface area contributed by atoms with Gasteiger partial charge in [0.05, 0.1) is 27.0 Å². The lowest BCUT2D eigenvalue weighted by Crippen LogP contribution is -2.53. The van der Waals surface area contributed by atoms with Gasteiger partial charge in [0, 0.05) is 48.3 Å². The lowest BCUT2D eigenvalue weighted by molar-refractivity contribution is -0.121. The third-order valence-corrected chi connectivity index (χ3v) is 9.05. The summed E-state index contributed by atoms with van der Waals surface area (Å²) in [6.07, 6.45) is 0.748. The predicted octanol–water partition coefficient (Wildman–Crippen LogP) is 7.35. The van der Waals surface area contributed by atoms with Crippen molar-refractivity contribution in [3.05, 3.63) is 77.9 Å². The number of Topliss-reactive ketones (excluding diaryl/α,β-unsaturated/α-hetero) is 1. The second kappa shape index (κ2) is 17.1. The molecule has 1 aliphatic rings. The van der Waals surface area contributed by atoms with E-state index in [1.807, 2.05) is 0 Å². The number of hydrogen-bond donors (Lipinski definition) is 1. The molecule has 0 radical (unpaired) electrons. The summed E-state index contributed by atoms with van der Waals surface area (Å²) in [5.41, 5.74) is -4.59. The molecule has 4 rings (SSSR count). The minimum Gasteiger partial charge on any atom is -0.497 e. The average molecular weight is 732 g/mol. The number of amides is 2. The van der Waals surface area contributed by atoms with Gasteiger partial charge in [-0.2, -0.15) is 13.2 Å². The Hall–Kier alpha value is -4.59. The maximum absolute atomic E-state index is 14.4. The van der Waals surface area contributed by atoms with Gasteiger partial charge in [0.1, 0.15) is 22.8 Å². The Morgan fingerprint density at radius 3 is 2.12 bits per heavy atom. The van der Waals surface area contributed by atoms with Gasteiger partial charge in [-0.1, -0.05) is 12.1 Å². The number of carbonyl (C=O) groups excluding carboxylic acids is 3. The molecular weight excluding hydrogens is 687 g/mol. The molecule has 14 heteroatoms. The zero-order valence-corrected chi connectivity index (χ0v) is 30.4. The van der Waals surface area contributed by atoms with E-state index in [1.165, 1.54) is 56.6 Å². The molecular formula is C37H44F3N3O7S. The van der Waals surface area contributed by atoms with Crippen LogP contribution in [0.25, 0.3) is 0 Å². The summed E-state index contributed by atoms with van der Waals surface area (Å²) < 4.78 is 63.3. The van der Waals surface area contributed by atoms with Crippen LogP contribution in [0.4, 0.5) is 23.7 Å². The Balaban J connectivity index is 1.72. The third kappa shape index (κ3) is 10.9. The number of hydrogen-bond acceptors (Lipinski definition) is 9. The fourth-order valence-electron chi connectivity index (χ4n) is 5.69. The van der Waals surface area contributed by atoms with E-state index in [-0.39, 0.29) is 46.9 Å². The second-order valence-electron chi connectivity index (χ2n) is 13.0. The summed E-state index contributed by atoms with van der Waals surface area (Å²) in [5.74, 6) is -0.0203. The number of alkyl halides is 3. The van der Waals surface area contributed by atoms with Gasteiger partial charge < -0.3 is 34.1 Å². The van der Waals surface area contributed by atoms with Crippen LogP contribution in [0.5, 0.6) is 17.2 Å². The normalized spacial score (nSPS) is 14.3.